The standard InChI is InChI=1S/C28H40NO6/c1-28(2,3)35-27(30)12-14-29(4)13-11-20-17-25(33-7)26(34-8)18-21(20)22(29)15-19-9-10-23(31-5)24(16-19)32-6/h9-10,16-18,22H,11-15H2,1-8H3/q+1/t22?,29-/m1/s1. The minimum Gasteiger partial charge on any atom is -0.493 e. The first kappa shape index (κ1) is 26.7. The Morgan fingerprint density at radius 3 is 2.11 bits per heavy atom. The fourth-order valence-corrected chi connectivity index (χ4v) is 4.90. The topological polar surface area (TPSA) is 63.2 Å². The molecule has 2 aromatic carbocycles. The highest BCUT2D eigenvalue weighted by Gasteiger charge is 2.40. The third-order valence-corrected chi connectivity index (χ3v) is 6.77. The lowest BCUT2D eigenvalue weighted by Crippen LogP contribution is -2.53. The van der Waals surface area contributed by atoms with Crippen LogP contribution in [0.5, 0.6) is 23.0 Å². The van der Waals surface area contributed by atoms with Gasteiger partial charge in [-0.15, -0.1) is 0 Å². The van der Waals surface area contributed by atoms with Gasteiger partial charge in [0.15, 0.2) is 23.0 Å². The van der Waals surface area contributed by atoms with Gasteiger partial charge in [-0.2, -0.15) is 0 Å². The van der Waals surface area contributed by atoms with E-state index in [4.69, 9.17) is 23.7 Å². The van der Waals surface area contributed by atoms with E-state index in [2.05, 4.69) is 25.2 Å². The highest BCUT2D eigenvalue weighted by atomic mass is 16.6. The van der Waals surface area contributed by atoms with Crippen molar-refractivity contribution in [2.75, 3.05) is 48.6 Å². The summed E-state index contributed by atoms with van der Waals surface area (Å²) >= 11 is 0. The normalized spacial score (nSPS) is 19.5. The molecule has 0 N–H and O–H groups in total. The molecule has 0 aromatic heterocycles. The van der Waals surface area contributed by atoms with E-state index < -0.39 is 5.60 Å². The molecule has 0 saturated carbocycles. The molecule has 1 unspecified atom stereocenters. The quantitative estimate of drug-likeness (QED) is 0.377. The molecule has 0 saturated heterocycles. The highest BCUT2D eigenvalue weighted by molar-refractivity contribution is 5.69. The van der Waals surface area contributed by atoms with Crippen molar-refractivity contribution < 1.29 is 33.0 Å². The predicted octanol–water partition coefficient (Wildman–Crippen LogP) is 4.74. The van der Waals surface area contributed by atoms with Gasteiger partial charge in [0.1, 0.15) is 11.6 Å². The van der Waals surface area contributed by atoms with Crippen molar-refractivity contribution in [3.63, 3.8) is 0 Å². The van der Waals surface area contributed by atoms with Crippen molar-refractivity contribution in [3.8, 4) is 23.0 Å². The van der Waals surface area contributed by atoms with Crippen LogP contribution in [-0.2, 0) is 22.4 Å². The number of quaternary nitrogens is 1. The van der Waals surface area contributed by atoms with E-state index in [0.29, 0.717) is 30.2 Å². The number of carbonyl (C=O) groups is 1. The second kappa shape index (κ2) is 10.8. The maximum Gasteiger partial charge on any atom is 0.312 e. The molecule has 35 heavy (non-hydrogen) atoms. The van der Waals surface area contributed by atoms with E-state index in [0.717, 1.165) is 35.2 Å². The number of esters is 1. The zero-order valence-electron chi connectivity index (χ0n) is 22.4. The van der Waals surface area contributed by atoms with E-state index >= 15 is 0 Å². The summed E-state index contributed by atoms with van der Waals surface area (Å²) in [5.41, 5.74) is 3.11. The van der Waals surface area contributed by atoms with Crippen molar-refractivity contribution in [2.24, 2.45) is 0 Å². The predicted molar refractivity (Wildman–Crippen MR) is 136 cm³/mol. The van der Waals surface area contributed by atoms with Gasteiger partial charge < -0.3 is 28.2 Å². The van der Waals surface area contributed by atoms with E-state index in [9.17, 15) is 4.79 Å². The summed E-state index contributed by atoms with van der Waals surface area (Å²) < 4.78 is 28.5. The van der Waals surface area contributed by atoms with Crippen LogP contribution >= 0.6 is 0 Å². The number of likely N-dealkylation sites (N-methyl/N-ethyl adjacent to an activating group) is 1. The summed E-state index contributed by atoms with van der Waals surface area (Å²) in [5, 5.41) is 0. The molecule has 2 atom stereocenters. The van der Waals surface area contributed by atoms with Crippen molar-refractivity contribution in [2.45, 2.75) is 51.7 Å². The molecule has 7 nitrogen and oxygen atoms in total. The summed E-state index contributed by atoms with van der Waals surface area (Å²) in [4.78, 5) is 12.6. The third-order valence-electron chi connectivity index (χ3n) is 6.77. The fraction of sp³-hybridized carbons (Fsp3) is 0.536. The monoisotopic (exact) mass is 486 g/mol. The van der Waals surface area contributed by atoms with Gasteiger partial charge in [0.2, 0.25) is 0 Å². The van der Waals surface area contributed by atoms with Crippen LogP contribution in [0.3, 0.4) is 0 Å². The van der Waals surface area contributed by atoms with Crippen LogP contribution in [0.25, 0.3) is 0 Å². The van der Waals surface area contributed by atoms with Crippen molar-refractivity contribution in [3.05, 3.63) is 47.0 Å². The first-order valence-corrected chi connectivity index (χ1v) is 12.1. The Kier molecular flexibility index (Phi) is 8.21. The third kappa shape index (κ3) is 6.20. The average molecular weight is 487 g/mol. The molecule has 1 heterocycles. The van der Waals surface area contributed by atoms with Crippen LogP contribution in [0.4, 0.5) is 0 Å². The molecular formula is C28H40NO6+. The van der Waals surface area contributed by atoms with Crippen LogP contribution in [0.15, 0.2) is 30.3 Å². The Morgan fingerprint density at radius 2 is 1.51 bits per heavy atom. The molecule has 2 aromatic rings. The zero-order chi connectivity index (χ0) is 25.8. The number of rotatable bonds is 9. The maximum atomic E-state index is 12.6. The van der Waals surface area contributed by atoms with Gasteiger partial charge >= 0.3 is 5.97 Å². The van der Waals surface area contributed by atoms with Crippen molar-refractivity contribution in [1.82, 2.24) is 0 Å². The SMILES string of the molecule is COc1ccc(CC2c3cc(OC)c(OC)cc3CC[N@+]2(C)CCC(=O)OC(C)(C)C)cc1OC. The molecule has 0 radical (unpaired) electrons. The van der Waals surface area contributed by atoms with E-state index in [1.807, 2.05) is 32.9 Å². The van der Waals surface area contributed by atoms with Crippen LogP contribution in [0.2, 0.25) is 0 Å². The Bertz CT molecular complexity index is 1040. The van der Waals surface area contributed by atoms with Gasteiger partial charge in [-0.05, 0) is 56.2 Å². The molecular weight excluding hydrogens is 446 g/mol. The van der Waals surface area contributed by atoms with E-state index in [-0.39, 0.29) is 12.0 Å². The number of benzene rings is 2. The molecule has 7 heteroatoms. The van der Waals surface area contributed by atoms with Crippen LogP contribution < -0.4 is 18.9 Å². The summed E-state index contributed by atoms with van der Waals surface area (Å²) in [5.74, 6) is 2.69. The number of nitrogens with zero attached hydrogens (tertiary/aromatic N) is 1. The Morgan fingerprint density at radius 1 is 0.914 bits per heavy atom. The fourth-order valence-electron chi connectivity index (χ4n) is 4.90. The number of hydrogen-bond donors (Lipinski definition) is 0. The van der Waals surface area contributed by atoms with E-state index in [1.54, 1.807) is 28.4 Å². The Balaban J connectivity index is 2.00. The minimum atomic E-state index is -0.493. The highest BCUT2D eigenvalue weighted by Crippen LogP contribution is 2.43. The van der Waals surface area contributed by atoms with Gasteiger partial charge in [-0.1, -0.05) is 6.07 Å². The lowest BCUT2D eigenvalue weighted by atomic mass is 9.86. The number of carbonyl (C=O) groups excluding carboxylic acids is 1. The summed E-state index contributed by atoms with van der Waals surface area (Å²) in [7, 11) is 8.84. The number of methoxy groups -OCH3 is 4. The number of ether oxygens (including phenoxy) is 5. The first-order chi connectivity index (χ1) is 16.5. The molecule has 1 aliphatic rings. The van der Waals surface area contributed by atoms with E-state index in [1.165, 1.54) is 11.1 Å². The largest absolute Gasteiger partial charge is 0.493 e. The van der Waals surface area contributed by atoms with Crippen LogP contribution in [0, 0.1) is 0 Å². The van der Waals surface area contributed by atoms with Crippen molar-refractivity contribution >= 4 is 5.97 Å². The molecule has 0 bridgehead atoms. The van der Waals surface area contributed by atoms with Crippen LogP contribution in [-0.4, -0.2) is 64.6 Å². The maximum absolute atomic E-state index is 12.6. The molecule has 3 rings (SSSR count). The molecule has 1 aliphatic heterocycles. The molecule has 192 valence electrons. The number of hydrogen-bond acceptors (Lipinski definition) is 6. The second-order valence-electron chi connectivity index (χ2n) is 10.3. The van der Waals surface area contributed by atoms with Gasteiger partial charge in [0.05, 0.1) is 55.0 Å². The lowest BCUT2D eigenvalue weighted by molar-refractivity contribution is -0.940. The summed E-state index contributed by atoms with van der Waals surface area (Å²) in [6, 6.07) is 10.4. The summed E-state index contributed by atoms with van der Waals surface area (Å²) in [6.07, 6.45) is 2.02. The minimum absolute atomic E-state index is 0.110. The molecule has 0 aliphatic carbocycles. The van der Waals surface area contributed by atoms with Crippen LogP contribution in [0.1, 0.15) is 49.9 Å². The molecule has 0 amide bonds. The van der Waals surface area contributed by atoms with Gasteiger partial charge in [0.25, 0.3) is 0 Å². The Labute approximate surface area is 209 Å². The smallest absolute Gasteiger partial charge is 0.312 e. The van der Waals surface area contributed by atoms with Gasteiger partial charge in [0, 0.05) is 18.4 Å². The first-order valence-electron chi connectivity index (χ1n) is 12.1. The lowest BCUT2D eigenvalue weighted by Gasteiger charge is -2.46. The average Bonchev–Trinajstić information content (AvgIpc) is 2.82. The zero-order valence-corrected chi connectivity index (χ0v) is 22.4. The molecule has 0 fully saturated rings. The van der Waals surface area contributed by atoms with Gasteiger partial charge in [-0.3, -0.25) is 4.79 Å². The molecule has 0 spiro atoms. The van der Waals surface area contributed by atoms with Crippen molar-refractivity contribution in [1.29, 1.82) is 0 Å². The Hall–Kier alpha value is -2.93. The number of fused-ring (bicyclic) bond motifs is 1. The summed E-state index contributed by atoms with van der Waals surface area (Å²) in [6.45, 7) is 7.29. The van der Waals surface area contributed by atoms with Gasteiger partial charge in [-0.25, -0.2) is 0 Å². The second-order valence-corrected chi connectivity index (χ2v) is 10.3.